The van der Waals surface area contributed by atoms with Crippen molar-refractivity contribution in [2.24, 2.45) is 0 Å². The van der Waals surface area contributed by atoms with Crippen LogP contribution in [0.25, 0.3) is 0 Å². The van der Waals surface area contributed by atoms with Crippen molar-refractivity contribution < 1.29 is 33.4 Å². The molecule has 29 heavy (non-hydrogen) atoms. The standard InChI is InChI=1S/C19H17N3O7/c23-16(21-22-19(26)12-4-2-1-3-5-12)10-27-17(24)9-20-18(25)13-6-7-14-15(8-13)29-11-28-14/h1-8H,9-11H2,(H,20,25)(H,21,23)(H,22,26). The fraction of sp³-hybridized carbons (Fsp3) is 0.158. The first-order chi connectivity index (χ1) is 14.0. The number of hydrogen-bond acceptors (Lipinski definition) is 7. The summed E-state index contributed by atoms with van der Waals surface area (Å²) in [5, 5.41) is 2.37. The highest BCUT2D eigenvalue weighted by Crippen LogP contribution is 2.32. The Hall–Kier alpha value is -4.08. The monoisotopic (exact) mass is 399 g/mol. The highest BCUT2D eigenvalue weighted by molar-refractivity contribution is 5.97. The van der Waals surface area contributed by atoms with Crippen LogP contribution in [0.2, 0.25) is 0 Å². The van der Waals surface area contributed by atoms with Crippen LogP contribution in [0.3, 0.4) is 0 Å². The molecular formula is C19H17N3O7. The number of hydrogen-bond donors (Lipinski definition) is 3. The summed E-state index contributed by atoms with van der Waals surface area (Å²) in [6.07, 6.45) is 0. The van der Waals surface area contributed by atoms with Crippen molar-refractivity contribution >= 4 is 23.7 Å². The summed E-state index contributed by atoms with van der Waals surface area (Å²) >= 11 is 0. The third-order valence-corrected chi connectivity index (χ3v) is 3.74. The Balaban J connectivity index is 1.35. The van der Waals surface area contributed by atoms with Gasteiger partial charge in [-0.2, -0.15) is 0 Å². The molecule has 2 aromatic rings. The Morgan fingerprint density at radius 1 is 0.862 bits per heavy atom. The molecule has 0 aromatic heterocycles. The maximum atomic E-state index is 12.1. The maximum Gasteiger partial charge on any atom is 0.325 e. The number of hydrazine groups is 1. The number of nitrogens with one attached hydrogen (secondary N) is 3. The van der Waals surface area contributed by atoms with Crippen LogP contribution in [0.4, 0.5) is 0 Å². The molecule has 0 fully saturated rings. The molecular weight excluding hydrogens is 382 g/mol. The molecule has 3 rings (SSSR count). The van der Waals surface area contributed by atoms with Crippen LogP contribution < -0.4 is 25.6 Å². The van der Waals surface area contributed by atoms with Gasteiger partial charge in [0.2, 0.25) is 6.79 Å². The number of carbonyl (C=O) groups excluding carboxylic acids is 4. The van der Waals surface area contributed by atoms with Crippen LogP contribution in [-0.2, 0) is 14.3 Å². The van der Waals surface area contributed by atoms with E-state index in [1.54, 1.807) is 36.4 Å². The van der Waals surface area contributed by atoms with Crippen molar-refractivity contribution in [1.82, 2.24) is 16.2 Å². The molecule has 3 N–H and O–H groups in total. The largest absolute Gasteiger partial charge is 0.454 e. The van der Waals surface area contributed by atoms with Crippen LogP contribution >= 0.6 is 0 Å². The van der Waals surface area contributed by atoms with E-state index in [1.165, 1.54) is 12.1 Å². The number of ether oxygens (including phenoxy) is 3. The van der Waals surface area contributed by atoms with Crippen LogP contribution in [0.1, 0.15) is 20.7 Å². The van der Waals surface area contributed by atoms with Crippen LogP contribution in [0.5, 0.6) is 11.5 Å². The third kappa shape index (κ3) is 5.45. The molecule has 150 valence electrons. The second-order valence-corrected chi connectivity index (χ2v) is 5.78. The Kier molecular flexibility index (Phi) is 6.25. The van der Waals surface area contributed by atoms with E-state index < -0.39 is 36.8 Å². The Labute approximate surface area is 165 Å². The van der Waals surface area contributed by atoms with Crippen molar-refractivity contribution in [3.63, 3.8) is 0 Å². The van der Waals surface area contributed by atoms with Crippen LogP contribution in [0, 0.1) is 0 Å². The summed E-state index contributed by atoms with van der Waals surface area (Å²) in [5.74, 6) is -1.60. The highest BCUT2D eigenvalue weighted by Gasteiger charge is 2.17. The van der Waals surface area contributed by atoms with E-state index >= 15 is 0 Å². The van der Waals surface area contributed by atoms with Gasteiger partial charge in [0.1, 0.15) is 6.54 Å². The lowest BCUT2D eigenvalue weighted by atomic mass is 10.2. The first kappa shape index (κ1) is 19.7. The normalized spacial score (nSPS) is 11.3. The second-order valence-electron chi connectivity index (χ2n) is 5.78. The van der Waals surface area contributed by atoms with Gasteiger partial charge in [-0.3, -0.25) is 30.0 Å². The molecule has 0 saturated carbocycles. The smallest absolute Gasteiger partial charge is 0.325 e. The summed E-state index contributed by atoms with van der Waals surface area (Å²) in [7, 11) is 0. The number of rotatable bonds is 6. The van der Waals surface area contributed by atoms with Gasteiger partial charge in [0.15, 0.2) is 18.1 Å². The quantitative estimate of drug-likeness (QED) is 0.465. The molecule has 0 bridgehead atoms. The van der Waals surface area contributed by atoms with Crippen molar-refractivity contribution in [2.75, 3.05) is 19.9 Å². The molecule has 2 aromatic carbocycles. The van der Waals surface area contributed by atoms with E-state index in [0.717, 1.165) is 0 Å². The molecule has 0 aliphatic carbocycles. The molecule has 3 amide bonds. The number of esters is 1. The molecule has 1 aliphatic heterocycles. The molecule has 0 atom stereocenters. The van der Waals surface area contributed by atoms with Crippen molar-refractivity contribution in [1.29, 1.82) is 0 Å². The van der Waals surface area contributed by atoms with E-state index in [4.69, 9.17) is 14.2 Å². The molecule has 1 aliphatic rings. The number of amides is 3. The van der Waals surface area contributed by atoms with Gasteiger partial charge < -0.3 is 19.5 Å². The van der Waals surface area contributed by atoms with Crippen molar-refractivity contribution in [3.8, 4) is 11.5 Å². The second kappa shape index (κ2) is 9.22. The van der Waals surface area contributed by atoms with E-state index in [-0.39, 0.29) is 12.4 Å². The molecule has 0 saturated heterocycles. The predicted octanol–water partition coefficient (Wildman–Crippen LogP) is 0.150. The van der Waals surface area contributed by atoms with Gasteiger partial charge in [0, 0.05) is 11.1 Å². The first-order valence-corrected chi connectivity index (χ1v) is 8.50. The van der Waals surface area contributed by atoms with Gasteiger partial charge in [-0.05, 0) is 30.3 Å². The minimum atomic E-state index is -0.816. The molecule has 10 heteroatoms. The summed E-state index contributed by atoms with van der Waals surface area (Å²) in [6.45, 7) is -0.967. The fourth-order valence-corrected chi connectivity index (χ4v) is 2.31. The highest BCUT2D eigenvalue weighted by atomic mass is 16.7. The summed E-state index contributed by atoms with van der Waals surface area (Å²) in [6, 6.07) is 12.9. The van der Waals surface area contributed by atoms with E-state index in [0.29, 0.717) is 17.1 Å². The van der Waals surface area contributed by atoms with Gasteiger partial charge in [-0.15, -0.1) is 0 Å². The minimum absolute atomic E-state index is 0.0839. The predicted molar refractivity (Wildman–Crippen MR) is 97.9 cm³/mol. The third-order valence-electron chi connectivity index (χ3n) is 3.74. The van der Waals surface area contributed by atoms with E-state index in [1.807, 2.05) is 0 Å². The van der Waals surface area contributed by atoms with Gasteiger partial charge in [-0.25, -0.2) is 0 Å². The summed E-state index contributed by atoms with van der Waals surface area (Å²) in [4.78, 5) is 47.1. The van der Waals surface area contributed by atoms with Gasteiger partial charge >= 0.3 is 5.97 Å². The SMILES string of the molecule is O=C(COC(=O)CNC(=O)c1ccc2c(c1)OCO2)NNC(=O)c1ccccc1. The molecule has 1 heterocycles. The topological polar surface area (TPSA) is 132 Å². The molecule has 0 unspecified atom stereocenters. The zero-order chi connectivity index (χ0) is 20.6. The Morgan fingerprint density at radius 2 is 1.62 bits per heavy atom. The lowest BCUT2D eigenvalue weighted by molar-refractivity contribution is -0.147. The molecule has 0 radical (unpaired) electrons. The first-order valence-electron chi connectivity index (χ1n) is 8.50. The van der Waals surface area contributed by atoms with Crippen molar-refractivity contribution in [2.45, 2.75) is 0 Å². The van der Waals surface area contributed by atoms with Crippen molar-refractivity contribution in [3.05, 3.63) is 59.7 Å². The maximum absolute atomic E-state index is 12.1. The number of benzene rings is 2. The van der Waals surface area contributed by atoms with E-state index in [2.05, 4.69) is 16.2 Å². The zero-order valence-corrected chi connectivity index (χ0v) is 15.1. The zero-order valence-electron chi connectivity index (χ0n) is 15.1. The van der Waals surface area contributed by atoms with Gasteiger partial charge in [-0.1, -0.05) is 18.2 Å². The molecule has 0 spiro atoms. The number of carbonyl (C=O) groups is 4. The average molecular weight is 399 g/mol. The van der Waals surface area contributed by atoms with Gasteiger partial charge in [0.05, 0.1) is 0 Å². The summed E-state index contributed by atoms with van der Waals surface area (Å²) in [5.41, 5.74) is 4.95. The van der Waals surface area contributed by atoms with Gasteiger partial charge in [0.25, 0.3) is 17.7 Å². The minimum Gasteiger partial charge on any atom is -0.454 e. The number of fused-ring (bicyclic) bond motifs is 1. The molecule has 10 nitrogen and oxygen atoms in total. The Morgan fingerprint density at radius 3 is 2.41 bits per heavy atom. The fourth-order valence-electron chi connectivity index (χ4n) is 2.31. The van der Waals surface area contributed by atoms with Crippen LogP contribution in [-0.4, -0.2) is 43.6 Å². The van der Waals surface area contributed by atoms with Crippen LogP contribution in [0.15, 0.2) is 48.5 Å². The summed E-state index contributed by atoms with van der Waals surface area (Å²) < 4.78 is 15.1. The lowest BCUT2D eigenvalue weighted by Gasteiger charge is -2.09. The van der Waals surface area contributed by atoms with E-state index in [9.17, 15) is 19.2 Å². The lowest BCUT2D eigenvalue weighted by Crippen LogP contribution is -2.44. The average Bonchev–Trinajstić information content (AvgIpc) is 3.22. The Bertz CT molecular complexity index is 931.